The van der Waals surface area contributed by atoms with E-state index in [-0.39, 0.29) is 11.5 Å². The van der Waals surface area contributed by atoms with Crippen LogP contribution in [0.15, 0.2) is 66.2 Å². The highest BCUT2D eigenvalue weighted by atomic mass is 127. The smallest absolute Gasteiger partial charge is 0.262 e. The average Bonchev–Trinajstić information content (AvgIpc) is 2.98. The van der Waals surface area contributed by atoms with Crippen molar-refractivity contribution in [3.05, 3.63) is 92.3 Å². The Labute approximate surface area is 178 Å². The maximum atomic E-state index is 12.5. The highest BCUT2D eigenvalue weighted by Gasteiger charge is 2.13. The highest BCUT2D eigenvalue weighted by molar-refractivity contribution is 14.1. The van der Waals surface area contributed by atoms with Gasteiger partial charge in [-0.3, -0.25) is 4.79 Å². The number of amides is 1. The van der Waals surface area contributed by atoms with Gasteiger partial charge < -0.3 is 9.88 Å². The standard InChI is InChI=1S/C23H20IN3O/c1-16-11-19(17(2)27(16)22-10-6-9-21(24)13-22)12-20(14-25)23(28)26-15-18-7-4-3-5-8-18/h3-13H,15H2,1-2H3,(H,26,28)/b20-12-. The van der Waals surface area contributed by atoms with E-state index < -0.39 is 0 Å². The van der Waals surface area contributed by atoms with E-state index in [1.807, 2.05) is 74.5 Å². The molecule has 4 nitrogen and oxygen atoms in total. The molecule has 0 fully saturated rings. The van der Waals surface area contributed by atoms with E-state index in [1.54, 1.807) is 6.08 Å². The quantitative estimate of drug-likeness (QED) is 0.320. The lowest BCUT2D eigenvalue weighted by Crippen LogP contribution is -2.23. The summed E-state index contributed by atoms with van der Waals surface area (Å²) in [4.78, 5) is 12.5. The number of carbonyl (C=O) groups is 1. The van der Waals surface area contributed by atoms with Gasteiger partial charge in [-0.05, 0) is 77.9 Å². The molecule has 0 atom stereocenters. The van der Waals surface area contributed by atoms with Crippen molar-refractivity contribution in [3.8, 4) is 11.8 Å². The molecule has 0 spiro atoms. The van der Waals surface area contributed by atoms with E-state index >= 15 is 0 Å². The van der Waals surface area contributed by atoms with E-state index in [4.69, 9.17) is 0 Å². The molecule has 0 saturated heterocycles. The van der Waals surface area contributed by atoms with Crippen LogP contribution < -0.4 is 5.32 Å². The first-order chi connectivity index (χ1) is 13.5. The molecule has 1 N–H and O–H groups in total. The molecule has 5 heteroatoms. The van der Waals surface area contributed by atoms with Gasteiger partial charge in [-0.2, -0.15) is 5.26 Å². The topological polar surface area (TPSA) is 57.8 Å². The molecule has 140 valence electrons. The molecule has 3 aromatic rings. The summed E-state index contributed by atoms with van der Waals surface area (Å²) in [5.74, 6) is -0.370. The van der Waals surface area contributed by atoms with Crippen LogP contribution in [0.2, 0.25) is 0 Å². The SMILES string of the molecule is Cc1cc(/C=C(/C#N)C(=O)NCc2ccccc2)c(C)n1-c1cccc(I)c1. The maximum Gasteiger partial charge on any atom is 0.262 e. The number of benzene rings is 2. The van der Waals surface area contributed by atoms with E-state index in [1.165, 1.54) is 0 Å². The third-order valence-electron chi connectivity index (χ3n) is 4.50. The molecule has 0 aliphatic rings. The Hall–Kier alpha value is -2.85. The molecule has 1 aromatic heterocycles. The summed E-state index contributed by atoms with van der Waals surface area (Å²) in [5.41, 5.74) is 5.05. The molecule has 1 heterocycles. The minimum absolute atomic E-state index is 0.0961. The molecular weight excluding hydrogens is 461 g/mol. The minimum Gasteiger partial charge on any atom is -0.347 e. The number of halogens is 1. The maximum absolute atomic E-state index is 12.5. The van der Waals surface area contributed by atoms with Gasteiger partial charge in [0.25, 0.3) is 5.91 Å². The van der Waals surface area contributed by atoms with E-state index in [0.29, 0.717) is 6.54 Å². The number of nitrogens with one attached hydrogen (secondary N) is 1. The largest absolute Gasteiger partial charge is 0.347 e. The van der Waals surface area contributed by atoms with Crippen LogP contribution in [-0.4, -0.2) is 10.5 Å². The molecule has 0 aliphatic heterocycles. The Kier molecular flexibility index (Phi) is 6.32. The van der Waals surface area contributed by atoms with Gasteiger partial charge in [-0.1, -0.05) is 36.4 Å². The zero-order valence-corrected chi connectivity index (χ0v) is 17.9. The molecule has 0 bridgehead atoms. The van der Waals surface area contributed by atoms with Crippen LogP contribution in [0, 0.1) is 28.7 Å². The van der Waals surface area contributed by atoms with Crippen LogP contribution in [0.3, 0.4) is 0 Å². The molecule has 0 unspecified atom stereocenters. The number of carbonyl (C=O) groups excluding carboxylic acids is 1. The predicted molar refractivity (Wildman–Crippen MR) is 120 cm³/mol. The summed E-state index contributed by atoms with van der Waals surface area (Å²) in [6, 6.07) is 21.9. The van der Waals surface area contributed by atoms with Crippen molar-refractivity contribution in [1.82, 2.24) is 9.88 Å². The fourth-order valence-corrected chi connectivity index (χ4v) is 3.65. The molecule has 1 amide bonds. The Bertz CT molecular complexity index is 1070. The summed E-state index contributed by atoms with van der Waals surface area (Å²) in [6.07, 6.45) is 1.66. The number of hydrogen-bond donors (Lipinski definition) is 1. The molecule has 0 saturated carbocycles. The van der Waals surface area contributed by atoms with Crippen LogP contribution in [0.4, 0.5) is 0 Å². The molecule has 3 rings (SSSR count). The summed E-state index contributed by atoms with van der Waals surface area (Å²) in [6.45, 7) is 4.40. The normalized spacial score (nSPS) is 11.1. The van der Waals surface area contributed by atoms with Gasteiger partial charge in [0, 0.05) is 27.2 Å². The Morgan fingerprint density at radius 3 is 2.57 bits per heavy atom. The van der Waals surface area contributed by atoms with Gasteiger partial charge >= 0.3 is 0 Å². The van der Waals surface area contributed by atoms with Gasteiger partial charge in [-0.25, -0.2) is 0 Å². The first kappa shape index (κ1) is 19.9. The van der Waals surface area contributed by atoms with Crippen molar-refractivity contribution in [2.24, 2.45) is 0 Å². The number of hydrogen-bond acceptors (Lipinski definition) is 2. The van der Waals surface area contributed by atoms with Crippen molar-refractivity contribution in [3.63, 3.8) is 0 Å². The monoisotopic (exact) mass is 481 g/mol. The summed E-state index contributed by atoms with van der Waals surface area (Å²) < 4.78 is 3.28. The second-order valence-corrected chi connectivity index (χ2v) is 7.73. The van der Waals surface area contributed by atoms with Gasteiger partial charge in [0.05, 0.1) is 0 Å². The van der Waals surface area contributed by atoms with E-state index in [0.717, 1.165) is 31.8 Å². The summed E-state index contributed by atoms with van der Waals surface area (Å²) in [7, 11) is 0. The zero-order chi connectivity index (χ0) is 20.1. The van der Waals surface area contributed by atoms with Crippen LogP contribution >= 0.6 is 22.6 Å². The second-order valence-electron chi connectivity index (χ2n) is 6.48. The van der Waals surface area contributed by atoms with Crippen molar-refractivity contribution < 1.29 is 4.79 Å². The summed E-state index contributed by atoms with van der Waals surface area (Å²) >= 11 is 2.29. The average molecular weight is 481 g/mol. The van der Waals surface area contributed by atoms with Gasteiger partial charge in [0.2, 0.25) is 0 Å². The number of nitrogens with zero attached hydrogens (tertiary/aromatic N) is 2. The Morgan fingerprint density at radius 1 is 1.14 bits per heavy atom. The van der Waals surface area contributed by atoms with Crippen molar-refractivity contribution in [2.75, 3.05) is 0 Å². The van der Waals surface area contributed by atoms with Gasteiger partial charge in [-0.15, -0.1) is 0 Å². The van der Waals surface area contributed by atoms with Gasteiger partial charge in [0.15, 0.2) is 0 Å². The first-order valence-corrected chi connectivity index (χ1v) is 9.96. The lowest BCUT2D eigenvalue weighted by Gasteiger charge is -2.10. The highest BCUT2D eigenvalue weighted by Crippen LogP contribution is 2.24. The number of aryl methyl sites for hydroxylation is 1. The molecule has 28 heavy (non-hydrogen) atoms. The zero-order valence-electron chi connectivity index (χ0n) is 15.7. The van der Waals surface area contributed by atoms with E-state index in [9.17, 15) is 10.1 Å². The number of rotatable bonds is 5. The van der Waals surface area contributed by atoms with Crippen molar-refractivity contribution >= 4 is 34.6 Å². The Balaban J connectivity index is 1.86. The fraction of sp³-hybridized carbons (Fsp3) is 0.130. The third kappa shape index (κ3) is 4.52. The van der Waals surface area contributed by atoms with Crippen LogP contribution in [0.5, 0.6) is 0 Å². The number of aromatic nitrogens is 1. The lowest BCUT2D eigenvalue weighted by atomic mass is 10.1. The predicted octanol–water partition coefficient (Wildman–Crippen LogP) is 4.92. The van der Waals surface area contributed by atoms with Gasteiger partial charge in [0.1, 0.15) is 11.6 Å². The van der Waals surface area contributed by atoms with Crippen LogP contribution in [0.1, 0.15) is 22.5 Å². The number of nitriles is 1. The first-order valence-electron chi connectivity index (χ1n) is 8.88. The van der Waals surface area contributed by atoms with Crippen LogP contribution in [-0.2, 0) is 11.3 Å². The Morgan fingerprint density at radius 2 is 1.89 bits per heavy atom. The molecular formula is C23H20IN3O. The third-order valence-corrected chi connectivity index (χ3v) is 5.17. The van der Waals surface area contributed by atoms with Crippen LogP contribution in [0.25, 0.3) is 11.8 Å². The second kappa shape index (κ2) is 8.89. The van der Waals surface area contributed by atoms with Crippen molar-refractivity contribution in [2.45, 2.75) is 20.4 Å². The fourth-order valence-electron chi connectivity index (χ4n) is 3.12. The molecule has 0 radical (unpaired) electrons. The minimum atomic E-state index is -0.370. The summed E-state index contributed by atoms with van der Waals surface area (Å²) in [5, 5.41) is 12.3. The molecule has 0 aliphatic carbocycles. The van der Waals surface area contributed by atoms with Crippen molar-refractivity contribution in [1.29, 1.82) is 5.26 Å². The van der Waals surface area contributed by atoms with E-state index in [2.05, 4.69) is 38.5 Å². The molecule has 2 aromatic carbocycles. The lowest BCUT2D eigenvalue weighted by molar-refractivity contribution is -0.117.